The molecule has 1 aliphatic rings. The van der Waals surface area contributed by atoms with E-state index in [0.29, 0.717) is 17.6 Å². The Kier molecular flexibility index (Phi) is 3.89. The lowest BCUT2D eigenvalue weighted by Gasteiger charge is -2.46. The van der Waals surface area contributed by atoms with Crippen LogP contribution in [0.2, 0.25) is 0 Å². The Balaban J connectivity index is 1.47. The van der Waals surface area contributed by atoms with E-state index in [1.54, 1.807) is 30.9 Å². The van der Waals surface area contributed by atoms with Crippen LogP contribution in [-0.2, 0) is 0 Å². The number of amides is 2. The molecule has 0 radical (unpaired) electrons. The molecule has 2 aromatic heterocycles. The molecule has 1 saturated heterocycles. The maximum atomic E-state index is 12.6. The topological polar surface area (TPSA) is 75.9 Å². The van der Waals surface area contributed by atoms with E-state index in [4.69, 9.17) is 0 Å². The van der Waals surface area contributed by atoms with Gasteiger partial charge in [0.15, 0.2) is 0 Å². The van der Waals surface area contributed by atoms with E-state index >= 15 is 0 Å². The highest BCUT2D eigenvalue weighted by molar-refractivity contribution is 5.90. The number of benzene rings is 1. The van der Waals surface area contributed by atoms with Gasteiger partial charge in [0.1, 0.15) is 0 Å². The van der Waals surface area contributed by atoms with E-state index < -0.39 is 0 Å². The summed E-state index contributed by atoms with van der Waals surface area (Å²) in [6.45, 7) is 2.90. The second kappa shape index (κ2) is 6.35. The molecular weight excluding hydrogens is 316 g/mol. The monoisotopic (exact) mass is 334 g/mol. The fourth-order valence-electron chi connectivity index (χ4n) is 3.16. The van der Waals surface area contributed by atoms with Crippen molar-refractivity contribution < 1.29 is 4.79 Å². The summed E-state index contributed by atoms with van der Waals surface area (Å²) >= 11 is 0. The lowest BCUT2D eigenvalue weighted by Crippen LogP contribution is -2.53. The van der Waals surface area contributed by atoms with Crippen LogP contribution >= 0.6 is 0 Å². The molecule has 25 heavy (non-hydrogen) atoms. The van der Waals surface area contributed by atoms with Gasteiger partial charge in [0.25, 0.3) is 0 Å². The van der Waals surface area contributed by atoms with Crippen molar-refractivity contribution in [2.45, 2.75) is 13.0 Å². The Hall–Kier alpha value is -3.22. The second-order valence-corrected chi connectivity index (χ2v) is 6.14. The zero-order valence-electron chi connectivity index (χ0n) is 13.8. The molecule has 7 nitrogen and oxygen atoms in total. The van der Waals surface area contributed by atoms with E-state index in [9.17, 15) is 4.79 Å². The first-order chi connectivity index (χ1) is 12.2. The van der Waals surface area contributed by atoms with Gasteiger partial charge in [-0.2, -0.15) is 5.10 Å². The summed E-state index contributed by atoms with van der Waals surface area (Å²) in [5.41, 5.74) is 1.77. The molecule has 126 valence electrons. The molecule has 0 bridgehead atoms. The van der Waals surface area contributed by atoms with Gasteiger partial charge in [-0.1, -0.05) is 37.3 Å². The van der Waals surface area contributed by atoms with E-state index in [1.807, 2.05) is 23.1 Å². The molecule has 0 saturated carbocycles. The quantitative estimate of drug-likeness (QED) is 0.799. The zero-order chi connectivity index (χ0) is 17.2. The highest BCUT2D eigenvalue weighted by Crippen LogP contribution is 2.38. The number of urea groups is 1. The number of hydrogen-bond acceptors (Lipinski definition) is 4. The minimum absolute atomic E-state index is 0.105. The van der Waals surface area contributed by atoms with Gasteiger partial charge >= 0.3 is 6.03 Å². The fourth-order valence-corrected chi connectivity index (χ4v) is 3.16. The Labute approximate surface area is 145 Å². The van der Waals surface area contributed by atoms with Gasteiger partial charge in [-0.25, -0.2) is 19.4 Å². The molecule has 1 N–H and O–H groups in total. The summed E-state index contributed by atoms with van der Waals surface area (Å²) in [7, 11) is 0. The Morgan fingerprint density at radius 1 is 1.16 bits per heavy atom. The minimum Gasteiger partial charge on any atom is -0.317 e. The smallest absolute Gasteiger partial charge is 0.317 e. The highest BCUT2D eigenvalue weighted by Gasteiger charge is 2.40. The fraction of sp³-hybridized carbons (Fsp3) is 0.222. The first-order valence-corrected chi connectivity index (χ1v) is 8.17. The van der Waals surface area contributed by atoms with Crippen LogP contribution < -0.4 is 5.32 Å². The van der Waals surface area contributed by atoms with Crippen molar-refractivity contribution in [1.82, 2.24) is 24.6 Å². The van der Waals surface area contributed by atoms with E-state index in [2.05, 4.69) is 39.4 Å². The molecule has 1 aliphatic heterocycles. The predicted octanol–water partition coefficient (Wildman–Crippen LogP) is 2.89. The number of nitrogens with one attached hydrogen (secondary N) is 1. The second-order valence-electron chi connectivity index (χ2n) is 6.14. The number of likely N-dealkylation sites (tertiary alicyclic amines) is 1. The SMILES string of the molecule is C[C@@H]1CN(C(=O)Nc2cnn(-c3ncccn3)c2)[C@@H]1c1ccccc1. The van der Waals surface area contributed by atoms with Crippen LogP contribution in [0.1, 0.15) is 18.5 Å². The number of nitrogens with zero attached hydrogens (tertiary/aromatic N) is 5. The number of carbonyl (C=O) groups excluding carboxylic acids is 1. The first kappa shape index (κ1) is 15.3. The average molecular weight is 334 g/mol. The summed E-state index contributed by atoms with van der Waals surface area (Å²) in [5.74, 6) is 0.899. The van der Waals surface area contributed by atoms with E-state index in [-0.39, 0.29) is 12.1 Å². The van der Waals surface area contributed by atoms with Gasteiger partial charge < -0.3 is 10.2 Å². The van der Waals surface area contributed by atoms with Crippen molar-refractivity contribution in [2.24, 2.45) is 5.92 Å². The number of rotatable bonds is 3. The Morgan fingerprint density at radius 3 is 2.64 bits per heavy atom. The normalized spacial score (nSPS) is 19.3. The van der Waals surface area contributed by atoms with Gasteiger partial charge in [0.05, 0.1) is 24.1 Å². The van der Waals surface area contributed by atoms with Gasteiger partial charge in [-0.3, -0.25) is 0 Å². The Bertz CT molecular complexity index is 864. The summed E-state index contributed by atoms with van der Waals surface area (Å²) in [5, 5.41) is 7.10. The maximum absolute atomic E-state index is 12.6. The lowest BCUT2D eigenvalue weighted by molar-refractivity contribution is 0.0671. The Morgan fingerprint density at radius 2 is 1.92 bits per heavy atom. The first-order valence-electron chi connectivity index (χ1n) is 8.17. The molecule has 3 heterocycles. The van der Waals surface area contributed by atoms with Crippen molar-refractivity contribution >= 4 is 11.7 Å². The van der Waals surface area contributed by atoms with Gasteiger partial charge in [-0.15, -0.1) is 0 Å². The van der Waals surface area contributed by atoms with Gasteiger partial charge in [-0.05, 0) is 17.5 Å². The standard InChI is InChI=1S/C18H18N6O/c1-13-11-23(16(13)14-6-3-2-4-7-14)18(25)22-15-10-21-24(12-15)17-19-8-5-9-20-17/h2-10,12-13,16H,11H2,1H3,(H,22,25)/t13-,16+/m1/s1. The van der Waals surface area contributed by atoms with Crippen LogP contribution in [0.4, 0.5) is 10.5 Å². The molecule has 1 fully saturated rings. The van der Waals surface area contributed by atoms with Crippen LogP contribution in [0.3, 0.4) is 0 Å². The zero-order valence-corrected chi connectivity index (χ0v) is 13.8. The molecule has 0 aliphatic carbocycles. The molecule has 1 aromatic carbocycles. The molecule has 0 unspecified atom stereocenters. The average Bonchev–Trinajstić information content (AvgIpc) is 3.09. The number of carbonyl (C=O) groups is 1. The number of anilines is 1. The third kappa shape index (κ3) is 2.96. The third-order valence-electron chi connectivity index (χ3n) is 4.35. The maximum Gasteiger partial charge on any atom is 0.322 e. The molecule has 7 heteroatoms. The van der Waals surface area contributed by atoms with Crippen LogP contribution in [-0.4, -0.2) is 37.2 Å². The molecule has 4 rings (SSSR count). The summed E-state index contributed by atoms with van der Waals surface area (Å²) < 4.78 is 1.53. The number of hydrogen-bond donors (Lipinski definition) is 1. The van der Waals surface area contributed by atoms with Crippen molar-refractivity contribution in [3.63, 3.8) is 0 Å². The van der Waals surface area contributed by atoms with Crippen LogP contribution in [0.5, 0.6) is 0 Å². The van der Waals surface area contributed by atoms with Crippen molar-refractivity contribution in [3.05, 3.63) is 66.7 Å². The van der Waals surface area contributed by atoms with Crippen LogP contribution in [0.15, 0.2) is 61.2 Å². The minimum atomic E-state index is -0.125. The molecule has 3 aromatic rings. The predicted molar refractivity (Wildman–Crippen MR) is 93.2 cm³/mol. The van der Waals surface area contributed by atoms with E-state index in [0.717, 1.165) is 12.1 Å². The molecule has 2 atom stereocenters. The molecule has 2 amide bonds. The van der Waals surface area contributed by atoms with Gasteiger partial charge in [0, 0.05) is 18.9 Å². The molecule has 0 spiro atoms. The summed E-state index contributed by atoms with van der Waals surface area (Å²) in [6.07, 6.45) is 6.59. The van der Waals surface area contributed by atoms with Crippen LogP contribution in [0.25, 0.3) is 5.95 Å². The van der Waals surface area contributed by atoms with Gasteiger partial charge in [0.2, 0.25) is 5.95 Å². The van der Waals surface area contributed by atoms with Crippen molar-refractivity contribution in [3.8, 4) is 5.95 Å². The highest BCUT2D eigenvalue weighted by atomic mass is 16.2. The summed E-state index contributed by atoms with van der Waals surface area (Å²) in [4.78, 5) is 22.7. The third-order valence-corrected chi connectivity index (χ3v) is 4.35. The van der Waals surface area contributed by atoms with E-state index in [1.165, 1.54) is 4.68 Å². The molecular formula is C18H18N6O. The largest absolute Gasteiger partial charge is 0.322 e. The lowest BCUT2D eigenvalue weighted by atomic mass is 9.85. The summed E-state index contributed by atoms with van der Waals surface area (Å²) in [6, 6.07) is 11.8. The van der Waals surface area contributed by atoms with Crippen LogP contribution in [0, 0.1) is 5.92 Å². The number of aromatic nitrogens is 4. The van der Waals surface area contributed by atoms with Crippen molar-refractivity contribution in [2.75, 3.05) is 11.9 Å². The van der Waals surface area contributed by atoms with Crippen molar-refractivity contribution in [1.29, 1.82) is 0 Å².